The molecule has 0 aromatic heterocycles. The van der Waals surface area contributed by atoms with Gasteiger partial charge < -0.3 is 10.4 Å². The maximum Gasteiger partial charge on any atom is 0.0446 e. The summed E-state index contributed by atoms with van der Waals surface area (Å²) in [5.74, 6) is 0.722. The molecule has 1 aliphatic heterocycles. The minimum atomic E-state index is 0. The van der Waals surface area contributed by atoms with Gasteiger partial charge in [-0.3, -0.25) is 4.90 Å². The van der Waals surface area contributed by atoms with Crippen LogP contribution in [0.15, 0.2) is 0 Å². The SMILES string of the molecule is CC(C)CN1CCNCC1CCO.Cl.Cl. The summed E-state index contributed by atoms with van der Waals surface area (Å²) >= 11 is 0. The predicted octanol–water partition coefficient (Wildman–Crippen LogP) is 1.14. The third kappa shape index (κ3) is 6.59. The Bertz CT molecular complexity index is 145. The van der Waals surface area contributed by atoms with Gasteiger partial charge in [0.25, 0.3) is 0 Å². The molecule has 3 nitrogen and oxygen atoms in total. The number of nitrogens with zero attached hydrogens (tertiary/aromatic N) is 1. The van der Waals surface area contributed by atoms with Gasteiger partial charge in [0.2, 0.25) is 0 Å². The van der Waals surface area contributed by atoms with E-state index in [9.17, 15) is 0 Å². The van der Waals surface area contributed by atoms with E-state index in [1.807, 2.05) is 0 Å². The number of halogens is 2. The van der Waals surface area contributed by atoms with Gasteiger partial charge in [-0.1, -0.05) is 13.8 Å². The Hall–Kier alpha value is 0.460. The molecule has 0 spiro atoms. The molecule has 0 aromatic carbocycles. The Balaban J connectivity index is 0. The fourth-order valence-corrected chi connectivity index (χ4v) is 1.95. The van der Waals surface area contributed by atoms with E-state index >= 15 is 0 Å². The summed E-state index contributed by atoms with van der Waals surface area (Å²) < 4.78 is 0. The summed E-state index contributed by atoms with van der Waals surface area (Å²) in [4.78, 5) is 2.50. The molecule has 1 heterocycles. The first kappa shape index (κ1) is 17.8. The molecule has 0 bridgehead atoms. The normalized spacial score (nSPS) is 22.0. The molecule has 1 fully saturated rings. The zero-order valence-corrected chi connectivity index (χ0v) is 11.2. The zero-order valence-electron chi connectivity index (χ0n) is 9.61. The van der Waals surface area contributed by atoms with E-state index in [0.29, 0.717) is 12.6 Å². The van der Waals surface area contributed by atoms with Crippen LogP contribution in [0.2, 0.25) is 0 Å². The standard InChI is InChI=1S/C10H22N2O.2ClH/c1-9(2)8-12-5-4-11-7-10(12)3-6-13;;/h9-11,13H,3-8H2,1-2H3;2*1H. The van der Waals surface area contributed by atoms with Crippen LogP contribution in [-0.2, 0) is 0 Å². The molecule has 1 saturated heterocycles. The highest BCUT2D eigenvalue weighted by molar-refractivity contribution is 5.85. The fraction of sp³-hybridized carbons (Fsp3) is 1.00. The number of hydrogen-bond donors (Lipinski definition) is 2. The lowest BCUT2D eigenvalue weighted by Crippen LogP contribution is -2.52. The Morgan fingerprint density at radius 3 is 2.60 bits per heavy atom. The van der Waals surface area contributed by atoms with E-state index in [1.165, 1.54) is 0 Å². The molecular formula is C10H24Cl2N2O. The summed E-state index contributed by atoms with van der Waals surface area (Å²) in [6, 6.07) is 0.543. The van der Waals surface area contributed by atoms with Gasteiger partial charge >= 0.3 is 0 Å². The Morgan fingerprint density at radius 2 is 2.07 bits per heavy atom. The number of piperazine rings is 1. The van der Waals surface area contributed by atoms with Crippen molar-refractivity contribution >= 4 is 24.8 Å². The lowest BCUT2D eigenvalue weighted by molar-refractivity contribution is 0.118. The van der Waals surface area contributed by atoms with Crippen molar-refractivity contribution in [2.75, 3.05) is 32.8 Å². The highest BCUT2D eigenvalue weighted by Gasteiger charge is 2.21. The topological polar surface area (TPSA) is 35.5 Å². The molecule has 94 valence electrons. The van der Waals surface area contributed by atoms with Gasteiger partial charge in [0.15, 0.2) is 0 Å². The molecular weight excluding hydrogens is 235 g/mol. The molecule has 2 N–H and O–H groups in total. The molecule has 0 aromatic rings. The Kier molecular flexibility index (Phi) is 11.5. The third-order valence-electron chi connectivity index (χ3n) is 2.53. The molecule has 5 heteroatoms. The summed E-state index contributed by atoms with van der Waals surface area (Å²) in [6.45, 7) is 9.22. The van der Waals surface area contributed by atoms with Crippen LogP contribution >= 0.6 is 24.8 Å². The molecule has 1 atom stereocenters. The smallest absolute Gasteiger partial charge is 0.0446 e. The first-order valence-electron chi connectivity index (χ1n) is 5.29. The second-order valence-corrected chi connectivity index (χ2v) is 4.26. The molecule has 0 amide bonds. The van der Waals surface area contributed by atoms with Crippen LogP contribution < -0.4 is 5.32 Å². The van der Waals surface area contributed by atoms with Crippen LogP contribution in [-0.4, -0.2) is 48.8 Å². The monoisotopic (exact) mass is 258 g/mol. The van der Waals surface area contributed by atoms with Crippen molar-refractivity contribution in [1.82, 2.24) is 10.2 Å². The number of aliphatic hydroxyl groups excluding tert-OH is 1. The first-order valence-corrected chi connectivity index (χ1v) is 5.29. The van der Waals surface area contributed by atoms with E-state index in [2.05, 4.69) is 24.1 Å². The maximum atomic E-state index is 8.92. The number of aliphatic hydroxyl groups is 1. The lowest BCUT2D eigenvalue weighted by atomic mass is 10.1. The zero-order chi connectivity index (χ0) is 9.68. The molecule has 15 heavy (non-hydrogen) atoms. The second kappa shape index (κ2) is 9.67. The minimum absolute atomic E-state index is 0. The predicted molar refractivity (Wildman–Crippen MR) is 69.3 cm³/mol. The van der Waals surface area contributed by atoms with Crippen LogP contribution in [0, 0.1) is 5.92 Å². The first-order chi connectivity index (χ1) is 6.24. The molecule has 0 aliphatic carbocycles. The molecule has 1 rings (SSSR count). The number of hydrogen-bond acceptors (Lipinski definition) is 3. The van der Waals surface area contributed by atoms with E-state index < -0.39 is 0 Å². The van der Waals surface area contributed by atoms with E-state index in [1.54, 1.807) is 0 Å². The highest BCUT2D eigenvalue weighted by atomic mass is 35.5. The van der Waals surface area contributed by atoms with Crippen LogP contribution in [0.5, 0.6) is 0 Å². The second-order valence-electron chi connectivity index (χ2n) is 4.26. The minimum Gasteiger partial charge on any atom is -0.396 e. The van der Waals surface area contributed by atoms with Gasteiger partial charge in [0.05, 0.1) is 0 Å². The van der Waals surface area contributed by atoms with Crippen molar-refractivity contribution in [2.45, 2.75) is 26.3 Å². The van der Waals surface area contributed by atoms with Crippen molar-refractivity contribution in [3.8, 4) is 0 Å². The van der Waals surface area contributed by atoms with Gasteiger partial charge in [0, 0.05) is 38.8 Å². The van der Waals surface area contributed by atoms with Gasteiger partial charge in [-0.05, 0) is 12.3 Å². The van der Waals surface area contributed by atoms with Crippen molar-refractivity contribution in [2.24, 2.45) is 5.92 Å². The Labute approximate surface area is 105 Å². The van der Waals surface area contributed by atoms with Crippen LogP contribution in [0.1, 0.15) is 20.3 Å². The summed E-state index contributed by atoms with van der Waals surface area (Å²) in [5.41, 5.74) is 0. The van der Waals surface area contributed by atoms with Gasteiger partial charge in [-0.2, -0.15) is 0 Å². The number of rotatable bonds is 4. The van der Waals surface area contributed by atoms with Crippen molar-refractivity contribution in [1.29, 1.82) is 0 Å². The van der Waals surface area contributed by atoms with Crippen molar-refractivity contribution in [3.05, 3.63) is 0 Å². The van der Waals surface area contributed by atoms with Crippen LogP contribution in [0.4, 0.5) is 0 Å². The summed E-state index contributed by atoms with van der Waals surface area (Å²) in [7, 11) is 0. The number of nitrogens with one attached hydrogen (secondary N) is 1. The largest absolute Gasteiger partial charge is 0.396 e. The summed E-state index contributed by atoms with van der Waals surface area (Å²) in [6.07, 6.45) is 0.903. The third-order valence-corrected chi connectivity index (χ3v) is 2.53. The van der Waals surface area contributed by atoms with Crippen LogP contribution in [0.25, 0.3) is 0 Å². The van der Waals surface area contributed by atoms with Crippen molar-refractivity contribution in [3.63, 3.8) is 0 Å². The summed E-state index contributed by atoms with van der Waals surface area (Å²) in [5, 5.41) is 12.3. The van der Waals surface area contributed by atoms with Crippen LogP contribution in [0.3, 0.4) is 0 Å². The van der Waals surface area contributed by atoms with Gasteiger partial charge in [0.1, 0.15) is 0 Å². The molecule has 1 aliphatic rings. The van der Waals surface area contributed by atoms with E-state index in [4.69, 9.17) is 5.11 Å². The Morgan fingerprint density at radius 1 is 1.40 bits per heavy atom. The quantitative estimate of drug-likeness (QED) is 0.794. The fourth-order valence-electron chi connectivity index (χ4n) is 1.95. The van der Waals surface area contributed by atoms with Gasteiger partial charge in [-0.25, -0.2) is 0 Å². The molecule has 1 unspecified atom stereocenters. The molecule has 0 saturated carbocycles. The average molecular weight is 259 g/mol. The maximum absolute atomic E-state index is 8.92. The van der Waals surface area contributed by atoms with E-state index in [0.717, 1.165) is 38.5 Å². The average Bonchev–Trinajstić information content (AvgIpc) is 2.08. The van der Waals surface area contributed by atoms with Crippen molar-refractivity contribution < 1.29 is 5.11 Å². The van der Waals surface area contributed by atoms with E-state index in [-0.39, 0.29) is 24.8 Å². The van der Waals surface area contributed by atoms with Gasteiger partial charge in [-0.15, -0.1) is 24.8 Å². The molecule has 0 radical (unpaired) electrons. The lowest BCUT2D eigenvalue weighted by Gasteiger charge is -2.37. The highest BCUT2D eigenvalue weighted by Crippen LogP contribution is 2.09.